The fourth-order valence-electron chi connectivity index (χ4n) is 0.931. The van der Waals surface area contributed by atoms with Gasteiger partial charge in [0.1, 0.15) is 5.15 Å². The van der Waals surface area contributed by atoms with Crippen molar-refractivity contribution in [2.75, 3.05) is 12.4 Å². The summed E-state index contributed by atoms with van der Waals surface area (Å²) in [4.78, 5) is 19.1. The van der Waals surface area contributed by atoms with E-state index in [4.69, 9.17) is 16.3 Å². The Balaban J connectivity index is 2.81. The molecule has 5 nitrogen and oxygen atoms in total. The first kappa shape index (κ1) is 13.2. The van der Waals surface area contributed by atoms with E-state index in [9.17, 15) is 4.79 Å². The van der Waals surface area contributed by atoms with Crippen LogP contribution in [0.3, 0.4) is 0 Å². The van der Waals surface area contributed by atoms with Crippen LogP contribution in [0.4, 0.5) is 5.95 Å². The van der Waals surface area contributed by atoms with Gasteiger partial charge < -0.3 is 4.74 Å². The number of anilines is 1. The maximum Gasteiger partial charge on any atom is 0.240 e. The lowest BCUT2D eigenvalue weighted by Crippen LogP contribution is -2.23. The molecule has 0 bridgehead atoms. The van der Waals surface area contributed by atoms with E-state index in [0.717, 1.165) is 0 Å². The highest BCUT2D eigenvalue weighted by molar-refractivity contribution is 9.10. The third-order valence-electron chi connectivity index (χ3n) is 1.76. The molecule has 0 radical (unpaired) electrons. The van der Waals surface area contributed by atoms with E-state index in [2.05, 4.69) is 31.2 Å². The van der Waals surface area contributed by atoms with Gasteiger partial charge in [0, 0.05) is 6.07 Å². The van der Waals surface area contributed by atoms with E-state index >= 15 is 0 Å². The van der Waals surface area contributed by atoms with Crippen LogP contribution in [0.25, 0.3) is 0 Å². The maximum absolute atomic E-state index is 11.5. The summed E-state index contributed by atoms with van der Waals surface area (Å²) in [7, 11) is 1.46. The van der Waals surface area contributed by atoms with Crippen molar-refractivity contribution in [3.63, 3.8) is 0 Å². The number of halogens is 2. The predicted octanol–water partition coefficient (Wildman–Crippen LogP) is 2.25. The second-order valence-electron chi connectivity index (χ2n) is 2.92. The zero-order valence-electron chi connectivity index (χ0n) is 8.83. The van der Waals surface area contributed by atoms with Gasteiger partial charge in [-0.15, -0.1) is 0 Å². The summed E-state index contributed by atoms with van der Waals surface area (Å²) in [5.74, 6) is 0.219. The molecule has 1 amide bonds. The molecular formula is C9H11BrClN3O2. The Kier molecular flexibility index (Phi) is 4.95. The molecule has 0 aliphatic heterocycles. The molecule has 1 heterocycles. The molecule has 88 valence electrons. The molecule has 0 aromatic carbocycles. The van der Waals surface area contributed by atoms with Crippen LogP contribution < -0.4 is 10.1 Å². The van der Waals surface area contributed by atoms with Gasteiger partial charge in [-0.1, -0.05) is 34.5 Å². The number of hydrogen-bond donors (Lipinski definition) is 1. The molecule has 0 aliphatic rings. The summed E-state index contributed by atoms with van der Waals surface area (Å²) >= 11 is 8.95. The molecule has 1 unspecified atom stereocenters. The van der Waals surface area contributed by atoms with Crippen molar-refractivity contribution in [1.82, 2.24) is 9.97 Å². The molecule has 0 saturated carbocycles. The number of carbonyl (C=O) groups excluding carboxylic acids is 1. The van der Waals surface area contributed by atoms with E-state index in [1.807, 2.05) is 6.92 Å². The van der Waals surface area contributed by atoms with Gasteiger partial charge in [0.2, 0.25) is 17.7 Å². The first-order chi connectivity index (χ1) is 7.56. The number of aromatic nitrogens is 2. The van der Waals surface area contributed by atoms with Gasteiger partial charge in [-0.05, 0) is 6.42 Å². The number of alkyl halides is 1. The summed E-state index contributed by atoms with van der Waals surface area (Å²) < 4.78 is 4.91. The lowest BCUT2D eigenvalue weighted by atomic mass is 10.3. The zero-order chi connectivity index (χ0) is 12.1. The number of hydrogen-bond acceptors (Lipinski definition) is 4. The molecule has 0 fully saturated rings. The highest BCUT2D eigenvalue weighted by atomic mass is 79.9. The van der Waals surface area contributed by atoms with Crippen molar-refractivity contribution in [1.29, 1.82) is 0 Å². The molecule has 1 rings (SSSR count). The molecule has 0 aliphatic carbocycles. The van der Waals surface area contributed by atoms with Crippen molar-refractivity contribution < 1.29 is 9.53 Å². The number of nitrogens with zero attached hydrogens (tertiary/aromatic N) is 2. The molecule has 0 saturated heterocycles. The fourth-order valence-corrected chi connectivity index (χ4v) is 1.22. The third kappa shape index (κ3) is 3.61. The van der Waals surface area contributed by atoms with E-state index in [1.165, 1.54) is 13.2 Å². The van der Waals surface area contributed by atoms with Crippen molar-refractivity contribution in [2.45, 2.75) is 18.2 Å². The molecular weight excluding hydrogens is 297 g/mol. The van der Waals surface area contributed by atoms with Crippen LogP contribution in [-0.2, 0) is 4.79 Å². The molecule has 1 atom stereocenters. The van der Waals surface area contributed by atoms with Crippen LogP contribution in [0.1, 0.15) is 13.3 Å². The number of nitrogens with one attached hydrogen (secondary N) is 1. The van der Waals surface area contributed by atoms with E-state index in [0.29, 0.717) is 12.3 Å². The highest BCUT2D eigenvalue weighted by Gasteiger charge is 2.14. The van der Waals surface area contributed by atoms with Gasteiger partial charge in [0.15, 0.2) is 0 Å². The van der Waals surface area contributed by atoms with Crippen LogP contribution in [0.15, 0.2) is 6.07 Å². The van der Waals surface area contributed by atoms with E-state index < -0.39 is 0 Å². The monoisotopic (exact) mass is 307 g/mol. The first-order valence-corrected chi connectivity index (χ1v) is 5.89. The highest BCUT2D eigenvalue weighted by Crippen LogP contribution is 2.16. The Bertz CT molecular complexity index is 389. The molecule has 0 spiro atoms. The van der Waals surface area contributed by atoms with Gasteiger partial charge in [0.05, 0.1) is 11.9 Å². The minimum atomic E-state index is -0.277. The van der Waals surface area contributed by atoms with Crippen molar-refractivity contribution in [3.05, 3.63) is 11.2 Å². The van der Waals surface area contributed by atoms with Crippen LogP contribution in [-0.4, -0.2) is 27.8 Å². The lowest BCUT2D eigenvalue weighted by molar-refractivity contribution is -0.115. The topological polar surface area (TPSA) is 64.1 Å². The molecule has 7 heteroatoms. The van der Waals surface area contributed by atoms with Crippen LogP contribution in [0.5, 0.6) is 5.88 Å². The Morgan fingerprint density at radius 3 is 2.94 bits per heavy atom. The molecule has 1 N–H and O–H groups in total. The fraction of sp³-hybridized carbons (Fsp3) is 0.444. The van der Waals surface area contributed by atoms with Gasteiger partial charge in [0.25, 0.3) is 0 Å². The van der Waals surface area contributed by atoms with Crippen molar-refractivity contribution >= 4 is 39.4 Å². The first-order valence-electron chi connectivity index (χ1n) is 4.60. The van der Waals surface area contributed by atoms with Crippen molar-refractivity contribution in [3.8, 4) is 5.88 Å². The average molecular weight is 309 g/mol. The van der Waals surface area contributed by atoms with Crippen molar-refractivity contribution in [2.24, 2.45) is 0 Å². The standard InChI is InChI=1S/C9H11BrClN3O2/c1-3-5(10)8(15)14-9-12-6(11)4-7(13-9)16-2/h4-5H,3H2,1-2H3,(H,12,13,14,15). The van der Waals surface area contributed by atoms with Gasteiger partial charge in [-0.2, -0.15) is 4.98 Å². The summed E-state index contributed by atoms with van der Waals surface area (Å²) in [6, 6.07) is 1.46. The smallest absolute Gasteiger partial charge is 0.240 e. The van der Waals surface area contributed by atoms with Gasteiger partial charge >= 0.3 is 0 Å². The predicted molar refractivity (Wildman–Crippen MR) is 65.2 cm³/mol. The van der Waals surface area contributed by atoms with Crippen LogP contribution >= 0.6 is 27.5 Å². The SMILES string of the molecule is CCC(Br)C(=O)Nc1nc(Cl)cc(OC)n1. The molecule has 1 aromatic rings. The average Bonchev–Trinajstić information content (AvgIpc) is 2.26. The Hall–Kier alpha value is -0.880. The summed E-state index contributed by atoms with van der Waals surface area (Å²) in [5.41, 5.74) is 0. The zero-order valence-corrected chi connectivity index (χ0v) is 11.2. The number of amides is 1. The number of carbonyl (C=O) groups is 1. The second-order valence-corrected chi connectivity index (χ2v) is 4.41. The second kappa shape index (κ2) is 6.00. The van der Waals surface area contributed by atoms with Gasteiger partial charge in [-0.25, -0.2) is 4.98 Å². The van der Waals surface area contributed by atoms with Gasteiger partial charge in [-0.3, -0.25) is 10.1 Å². The third-order valence-corrected chi connectivity index (χ3v) is 3.02. The number of methoxy groups -OCH3 is 1. The normalized spacial score (nSPS) is 12.0. The summed E-state index contributed by atoms with van der Waals surface area (Å²) in [6.07, 6.45) is 0.670. The van der Waals surface area contributed by atoms with Crippen LogP contribution in [0, 0.1) is 0 Å². The minimum absolute atomic E-state index is 0.132. The van der Waals surface area contributed by atoms with E-state index in [1.54, 1.807) is 0 Å². The Morgan fingerprint density at radius 1 is 1.69 bits per heavy atom. The van der Waals surface area contributed by atoms with E-state index in [-0.39, 0.29) is 21.8 Å². The lowest BCUT2D eigenvalue weighted by Gasteiger charge is -2.08. The summed E-state index contributed by atoms with van der Waals surface area (Å²) in [6.45, 7) is 1.89. The number of rotatable bonds is 4. The minimum Gasteiger partial charge on any atom is -0.481 e. The largest absolute Gasteiger partial charge is 0.481 e. The summed E-state index contributed by atoms with van der Waals surface area (Å²) in [5, 5.41) is 2.75. The molecule has 16 heavy (non-hydrogen) atoms. The van der Waals surface area contributed by atoms with Crippen LogP contribution in [0.2, 0.25) is 5.15 Å². The molecule has 1 aromatic heterocycles. The Morgan fingerprint density at radius 2 is 2.38 bits per heavy atom. The maximum atomic E-state index is 11.5. The quantitative estimate of drug-likeness (QED) is 0.684. The number of ether oxygens (including phenoxy) is 1. The Labute approximate surface area is 107 Å².